The van der Waals surface area contributed by atoms with Crippen LogP contribution in [0.5, 0.6) is 0 Å². The minimum atomic E-state index is -4.35. The molecule has 0 saturated carbocycles. The van der Waals surface area contributed by atoms with E-state index in [1.807, 2.05) is 6.07 Å². The Morgan fingerprint density at radius 3 is 2.42 bits per heavy atom. The highest BCUT2D eigenvalue weighted by atomic mass is 35.5. The van der Waals surface area contributed by atoms with Crippen molar-refractivity contribution >= 4 is 42.1 Å². The summed E-state index contributed by atoms with van der Waals surface area (Å²) in [5.41, 5.74) is 1.95. The van der Waals surface area contributed by atoms with Crippen LogP contribution in [0.2, 0.25) is 4.34 Å². The molecule has 3 rings (SSSR count). The van der Waals surface area contributed by atoms with E-state index in [1.54, 1.807) is 50.4 Å². The van der Waals surface area contributed by atoms with Gasteiger partial charge in [-0.15, -0.1) is 11.3 Å². The second-order valence-corrected chi connectivity index (χ2v) is 10.9. The molecule has 0 saturated heterocycles. The van der Waals surface area contributed by atoms with E-state index in [-0.39, 0.29) is 12.3 Å². The summed E-state index contributed by atoms with van der Waals surface area (Å²) < 4.78 is 18.1. The van der Waals surface area contributed by atoms with Gasteiger partial charge in [0.05, 0.1) is 20.6 Å². The Morgan fingerprint density at radius 1 is 1.19 bits per heavy atom. The van der Waals surface area contributed by atoms with Gasteiger partial charge in [-0.05, 0) is 49.1 Å². The number of carbonyl (C=O) groups excluding carboxylic acids is 1. The Hall–Kier alpha value is -1.96. The molecular formula is C21H24ClN2O5PS. The number of anilines is 1. The maximum Gasteiger partial charge on any atom is 0.335 e. The van der Waals surface area contributed by atoms with E-state index in [0.717, 1.165) is 10.4 Å². The molecule has 0 bridgehead atoms. The lowest BCUT2D eigenvalue weighted by atomic mass is 9.92. The number of aryl methyl sites for hydroxylation is 1. The lowest BCUT2D eigenvalue weighted by Crippen LogP contribution is -2.24. The van der Waals surface area contributed by atoms with Gasteiger partial charge in [-0.2, -0.15) is 0 Å². The van der Waals surface area contributed by atoms with Gasteiger partial charge in [0.2, 0.25) is 5.91 Å². The molecule has 0 atom stereocenters. The number of nitrogens with one attached hydrogen (secondary N) is 1. The minimum Gasteiger partial charge on any atom is -0.355 e. The maximum atomic E-state index is 12.4. The largest absolute Gasteiger partial charge is 0.355 e. The molecule has 0 spiro atoms. The topological polar surface area (TPSA) is 113 Å². The summed E-state index contributed by atoms with van der Waals surface area (Å²) in [5.74, 6) is 0.429. The van der Waals surface area contributed by atoms with Crippen LogP contribution in [-0.2, 0) is 20.9 Å². The summed E-state index contributed by atoms with van der Waals surface area (Å²) in [6.45, 7) is 3.53. The predicted octanol–water partition coefficient (Wildman–Crippen LogP) is 5.82. The Kier molecular flexibility index (Phi) is 7.39. The van der Waals surface area contributed by atoms with Crippen LogP contribution in [0, 0.1) is 0 Å². The number of hydrogen-bond acceptors (Lipinski definition) is 5. The van der Waals surface area contributed by atoms with Crippen molar-refractivity contribution in [3.8, 4) is 10.6 Å². The molecule has 31 heavy (non-hydrogen) atoms. The van der Waals surface area contributed by atoms with Gasteiger partial charge in [-0.3, -0.25) is 9.36 Å². The standard InChI is InChI=1S/C21H24ClN2O5PS/c1-3-21(4-2,30(26,27)28)15-6-8-16(9-7-15)24-19(25)12-5-14-13-23-29-20(14)17-10-11-18(22)31-17/h6-11,13H,3-5,12H2,1-2H3,(H,24,25)(H2,26,27,28). The van der Waals surface area contributed by atoms with Crippen molar-refractivity contribution in [3.05, 3.63) is 58.1 Å². The van der Waals surface area contributed by atoms with Crippen molar-refractivity contribution < 1.29 is 23.7 Å². The van der Waals surface area contributed by atoms with Gasteiger partial charge in [0.15, 0.2) is 5.76 Å². The number of aromatic nitrogens is 1. The molecule has 1 amide bonds. The number of carbonyl (C=O) groups is 1. The number of halogens is 1. The highest BCUT2D eigenvalue weighted by Gasteiger charge is 2.45. The van der Waals surface area contributed by atoms with Crippen molar-refractivity contribution in [3.63, 3.8) is 0 Å². The fourth-order valence-corrected chi connectivity index (χ4v) is 6.02. The van der Waals surface area contributed by atoms with Gasteiger partial charge < -0.3 is 19.6 Å². The van der Waals surface area contributed by atoms with Crippen LogP contribution in [0.25, 0.3) is 10.6 Å². The lowest BCUT2D eigenvalue weighted by Gasteiger charge is -2.33. The number of benzene rings is 1. The molecular weight excluding hydrogens is 459 g/mol. The second-order valence-electron chi connectivity index (χ2n) is 7.19. The number of hydrogen-bond donors (Lipinski definition) is 3. The molecule has 7 nitrogen and oxygen atoms in total. The zero-order chi connectivity index (χ0) is 22.6. The second kappa shape index (κ2) is 9.67. The van der Waals surface area contributed by atoms with Crippen LogP contribution in [0.1, 0.15) is 44.2 Å². The first-order chi connectivity index (χ1) is 14.7. The average molecular weight is 483 g/mol. The van der Waals surface area contributed by atoms with Gasteiger partial charge in [0.25, 0.3) is 0 Å². The van der Waals surface area contributed by atoms with Gasteiger partial charge in [0.1, 0.15) is 0 Å². The average Bonchev–Trinajstić information content (AvgIpc) is 3.36. The molecule has 0 radical (unpaired) electrons. The molecule has 0 unspecified atom stereocenters. The van der Waals surface area contributed by atoms with Crippen molar-refractivity contribution in [1.29, 1.82) is 0 Å². The minimum absolute atomic E-state index is 0.184. The van der Waals surface area contributed by atoms with Crippen molar-refractivity contribution in [2.24, 2.45) is 0 Å². The van der Waals surface area contributed by atoms with Crippen molar-refractivity contribution in [1.82, 2.24) is 5.16 Å². The molecule has 3 N–H and O–H groups in total. The normalized spacial score (nSPS) is 12.2. The molecule has 10 heteroatoms. The third kappa shape index (κ3) is 5.10. The SMILES string of the molecule is CCC(CC)(c1ccc(NC(=O)CCc2cnoc2-c2ccc(Cl)s2)cc1)P(=O)(O)O. The quantitative estimate of drug-likeness (QED) is 0.331. The van der Waals surface area contributed by atoms with Gasteiger partial charge in [0, 0.05) is 17.7 Å². The third-order valence-electron chi connectivity index (χ3n) is 5.50. The first-order valence-electron chi connectivity index (χ1n) is 9.85. The highest BCUT2D eigenvalue weighted by Crippen LogP contribution is 2.60. The molecule has 0 fully saturated rings. The number of rotatable bonds is 9. The van der Waals surface area contributed by atoms with Crippen LogP contribution in [0.15, 0.2) is 47.1 Å². The number of thiophene rings is 1. The summed E-state index contributed by atoms with van der Waals surface area (Å²) in [4.78, 5) is 33.0. The fraction of sp³-hybridized carbons (Fsp3) is 0.333. The maximum absolute atomic E-state index is 12.4. The van der Waals surface area contributed by atoms with E-state index in [0.29, 0.717) is 40.6 Å². The molecule has 0 aliphatic rings. The van der Waals surface area contributed by atoms with Gasteiger partial charge in [-0.25, -0.2) is 0 Å². The Bertz CT molecular complexity index is 1090. The monoisotopic (exact) mass is 482 g/mol. The number of amides is 1. The molecule has 2 aromatic heterocycles. The molecule has 0 aliphatic heterocycles. The first-order valence-corrected chi connectivity index (χ1v) is 12.7. The third-order valence-corrected chi connectivity index (χ3v) is 8.73. The van der Waals surface area contributed by atoms with Crippen molar-refractivity contribution in [2.75, 3.05) is 5.32 Å². The summed E-state index contributed by atoms with van der Waals surface area (Å²) in [6.07, 6.45) is 2.91. The highest BCUT2D eigenvalue weighted by molar-refractivity contribution is 7.53. The molecule has 1 aromatic carbocycles. The summed E-state index contributed by atoms with van der Waals surface area (Å²) in [5, 5.41) is 5.43. The van der Waals surface area contributed by atoms with E-state index in [2.05, 4.69) is 10.5 Å². The zero-order valence-corrected chi connectivity index (χ0v) is 19.6. The van der Waals surface area contributed by atoms with E-state index < -0.39 is 12.8 Å². The smallest absolute Gasteiger partial charge is 0.335 e. The van der Waals surface area contributed by atoms with Crippen LogP contribution >= 0.6 is 30.5 Å². The Balaban J connectivity index is 1.65. The first kappa shape index (κ1) is 23.7. The Morgan fingerprint density at radius 2 is 1.87 bits per heavy atom. The van der Waals surface area contributed by atoms with E-state index in [4.69, 9.17) is 16.1 Å². The van der Waals surface area contributed by atoms with Crippen LogP contribution in [0.4, 0.5) is 5.69 Å². The summed E-state index contributed by atoms with van der Waals surface area (Å²) in [6, 6.07) is 10.3. The van der Waals surface area contributed by atoms with Crippen LogP contribution < -0.4 is 5.32 Å². The summed E-state index contributed by atoms with van der Waals surface area (Å²) in [7, 11) is -4.35. The van der Waals surface area contributed by atoms with Gasteiger partial charge >= 0.3 is 7.60 Å². The van der Waals surface area contributed by atoms with Gasteiger partial charge in [-0.1, -0.05) is 42.7 Å². The fourth-order valence-electron chi connectivity index (χ4n) is 3.65. The molecule has 2 heterocycles. The van der Waals surface area contributed by atoms with E-state index in [9.17, 15) is 19.1 Å². The zero-order valence-electron chi connectivity index (χ0n) is 17.2. The Labute approximate surface area is 189 Å². The number of nitrogens with zero attached hydrogens (tertiary/aromatic N) is 1. The van der Waals surface area contributed by atoms with Crippen LogP contribution in [0.3, 0.4) is 0 Å². The van der Waals surface area contributed by atoms with Crippen molar-refractivity contribution in [2.45, 2.75) is 44.7 Å². The lowest BCUT2D eigenvalue weighted by molar-refractivity contribution is -0.116. The van der Waals surface area contributed by atoms with E-state index >= 15 is 0 Å². The van der Waals surface area contributed by atoms with E-state index in [1.165, 1.54) is 11.3 Å². The predicted molar refractivity (Wildman–Crippen MR) is 123 cm³/mol. The molecule has 0 aliphatic carbocycles. The molecule has 3 aromatic rings. The molecule has 166 valence electrons. The summed E-state index contributed by atoms with van der Waals surface area (Å²) >= 11 is 7.36. The van der Waals surface area contributed by atoms with Crippen LogP contribution in [-0.4, -0.2) is 20.9 Å².